The van der Waals surface area contributed by atoms with Crippen molar-refractivity contribution in [1.29, 1.82) is 0 Å². The molecule has 3 rings (SSSR count). The molecule has 1 saturated heterocycles. The highest BCUT2D eigenvalue weighted by Gasteiger charge is 2.20. The summed E-state index contributed by atoms with van der Waals surface area (Å²) >= 11 is 0. The highest BCUT2D eigenvalue weighted by molar-refractivity contribution is 5.91. The van der Waals surface area contributed by atoms with Gasteiger partial charge in [0.1, 0.15) is 0 Å². The van der Waals surface area contributed by atoms with E-state index in [2.05, 4.69) is 10.6 Å². The van der Waals surface area contributed by atoms with Gasteiger partial charge in [-0.05, 0) is 57.2 Å². The van der Waals surface area contributed by atoms with E-state index in [1.807, 2.05) is 0 Å². The van der Waals surface area contributed by atoms with Gasteiger partial charge in [0.15, 0.2) is 11.6 Å². The fourth-order valence-corrected chi connectivity index (χ4v) is 3.23. The molecule has 1 aliphatic heterocycles. The third-order valence-electron chi connectivity index (χ3n) is 4.41. The average molecular weight is 306 g/mol. The van der Waals surface area contributed by atoms with Crippen molar-refractivity contribution >= 4 is 11.6 Å². The molecule has 1 atom stereocenters. The number of anilines is 1. The lowest BCUT2D eigenvalue weighted by Gasteiger charge is -2.15. The van der Waals surface area contributed by atoms with Crippen LogP contribution in [0, 0.1) is 5.82 Å². The van der Waals surface area contributed by atoms with Gasteiger partial charge in [-0.2, -0.15) is 0 Å². The van der Waals surface area contributed by atoms with E-state index in [0.717, 1.165) is 45.1 Å². The van der Waals surface area contributed by atoms with E-state index in [1.165, 1.54) is 6.07 Å². The van der Waals surface area contributed by atoms with Gasteiger partial charge in [-0.25, -0.2) is 4.39 Å². The maximum atomic E-state index is 14.1. The molecule has 120 valence electrons. The first kappa shape index (κ1) is 15.3. The molecule has 2 fully saturated rings. The van der Waals surface area contributed by atoms with Crippen molar-refractivity contribution in [2.75, 3.05) is 11.9 Å². The molecule has 0 radical (unpaired) electrons. The molecule has 22 heavy (non-hydrogen) atoms. The van der Waals surface area contributed by atoms with Crippen molar-refractivity contribution < 1.29 is 13.9 Å². The Morgan fingerprint density at radius 3 is 2.77 bits per heavy atom. The summed E-state index contributed by atoms with van der Waals surface area (Å²) in [6.45, 7) is 0.972. The van der Waals surface area contributed by atoms with Crippen molar-refractivity contribution in [3.8, 4) is 5.75 Å². The number of ether oxygens (including phenoxy) is 1. The van der Waals surface area contributed by atoms with E-state index in [-0.39, 0.29) is 23.8 Å². The Hall–Kier alpha value is -1.62. The maximum Gasteiger partial charge on any atom is 0.225 e. The third kappa shape index (κ3) is 3.97. The zero-order chi connectivity index (χ0) is 15.4. The Morgan fingerprint density at radius 2 is 2.09 bits per heavy atom. The molecular formula is C17H23FN2O2. The molecule has 0 aromatic heterocycles. The van der Waals surface area contributed by atoms with Gasteiger partial charge in [-0.15, -0.1) is 0 Å². The van der Waals surface area contributed by atoms with E-state index in [4.69, 9.17) is 4.74 Å². The van der Waals surface area contributed by atoms with Crippen LogP contribution in [0.25, 0.3) is 0 Å². The number of hydrogen-bond acceptors (Lipinski definition) is 3. The second kappa shape index (κ2) is 7.09. The topological polar surface area (TPSA) is 50.4 Å². The van der Waals surface area contributed by atoms with Crippen LogP contribution in [0.4, 0.5) is 10.1 Å². The molecule has 1 aliphatic carbocycles. The first-order valence-electron chi connectivity index (χ1n) is 8.20. The summed E-state index contributed by atoms with van der Waals surface area (Å²) in [5, 5.41) is 6.04. The summed E-state index contributed by atoms with van der Waals surface area (Å²) in [4.78, 5) is 11.9. The molecule has 5 heteroatoms. The monoisotopic (exact) mass is 306 g/mol. The molecular weight excluding hydrogens is 283 g/mol. The van der Waals surface area contributed by atoms with Crippen LogP contribution in [-0.4, -0.2) is 24.6 Å². The van der Waals surface area contributed by atoms with Gasteiger partial charge in [0.05, 0.1) is 6.10 Å². The van der Waals surface area contributed by atoms with Crippen molar-refractivity contribution in [2.45, 2.75) is 57.1 Å². The summed E-state index contributed by atoms with van der Waals surface area (Å²) in [6, 6.07) is 4.89. The number of benzene rings is 1. The largest absolute Gasteiger partial charge is 0.487 e. The second-order valence-electron chi connectivity index (χ2n) is 6.22. The maximum absolute atomic E-state index is 14.1. The molecule has 0 bridgehead atoms. The summed E-state index contributed by atoms with van der Waals surface area (Å²) in [5.41, 5.74) is 0.485. The summed E-state index contributed by atoms with van der Waals surface area (Å²) in [7, 11) is 0. The lowest BCUT2D eigenvalue weighted by atomic mass is 10.1. The minimum atomic E-state index is -0.413. The predicted octanol–water partition coefficient (Wildman–Crippen LogP) is 3.23. The van der Waals surface area contributed by atoms with E-state index < -0.39 is 5.82 Å². The first-order valence-corrected chi connectivity index (χ1v) is 8.20. The van der Waals surface area contributed by atoms with E-state index in [0.29, 0.717) is 12.1 Å². The number of hydrogen-bond donors (Lipinski definition) is 2. The number of nitrogens with one attached hydrogen (secondary N) is 2. The van der Waals surface area contributed by atoms with Crippen LogP contribution < -0.4 is 15.4 Å². The highest BCUT2D eigenvalue weighted by atomic mass is 19.1. The smallest absolute Gasteiger partial charge is 0.225 e. The standard InChI is InChI=1S/C17H23FN2O2/c18-15-10-13(20-17(21)11-12-4-3-9-19-12)7-8-16(15)22-14-5-1-2-6-14/h7-8,10,12,14,19H,1-6,9,11H2,(H,20,21). The van der Waals surface area contributed by atoms with E-state index in [9.17, 15) is 9.18 Å². The van der Waals surface area contributed by atoms with Crippen LogP contribution in [0.2, 0.25) is 0 Å². The van der Waals surface area contributed by atoms with Crippen LogP contribution in [0.5, 0.6) is 5.75 Å². The molecule has 0 spiro atoms. The highest BCUT2D eigenvalue weighted by Crippen LogP contribution is 2.27. The van der Waals surface area contributed by atoms with Crippen LogP contribution in [-0.2, 0) is 4.79 Å². The van der Waals surface area contributed by atoms with Gasteiger partial charge >= 0.3 is 0 Å². The number of rotatable bonds is 5. The van der Waals surface area contributed by atoms with E-state index >= 15 is 0 Å². The van der Waals surface area contributed by atoms with Gasteiger partial charge in [0.2, 0.25) is 5.91 Å². The molecule has 2 aliphatic rings. The number of carbonyl (C=O) groups is 1. The zero-order valence-corrected chi connectivity index (χ0v) is 12.7. The van der Waals surface area contributed by atoms with Crippen molar-refractivity contribution in [2.24, 2.45) is 0 Å². The Balaban J connectivity index is 1.55. The Labute approximate surface area is 130 Å². The van der Waals surface area contributed by atoms with Crippen molar-refractivity contribution in [1.82, 2.24) is 5.32 Å². The van der Waals surface area contributed by atoms with Gasteiger partial charge < -0.3 is 15.4 Å². The Bertz CT molecular complexity index is 523. The molecule has 1 heterocycles. The van der Waals surface area contributed by atoms with Gasteiger partial charge in [0.25, 0.3) is 0 Å². The molecule has 1 aromatic rings. The normalized spacial score (nSPS) is 22.0. The Kier molecular flexibility index (Phi) is 4.93. The van der Waals surface area contributed by atoms with Gasteiger partial charge in [-0.3, -0.25) is 4.79 Å². The SMILES string of the molecule is O=C(CC1CCCN1)Nc1ccc(OC2CCCC2)c(F)c1. The first-order chi connectivity index (χ1) is 10.7. The molecule has 4 nitrogen and oxygen atoms in total. The summed E-state index contributed by atoms with van der Waals surface area (Å²) in [6.07, 6.45) is 6.98. The molecule has 1 saturated carbocycles. The minimum Gasteiger partial charge on any atom is -0.487 e. The van der Waals surface area contributed by atoms with Crippen LogP contribution in [0.1, 0.15) is 44.9 Å². The quantitative estimate of drug-likeness (QED) is 0.878. The fraction of sp³-hybridized carbons (Fsp3) is 0.588. The average Bonchev–Trinajstić information content (AvgIpc) is 3.15. The fourth-order valence-electron chi connectivity index (χ4n) is 3.23. The van der Waals surface area contributed by atoms with Gasteiger partial charge in [-0.1, -0.05) is 0 Å². The van der Waals surface area contributed by atoms with Gasteiger partial charge in [0, 0.05) is 24.2 Å². The second-order valence-corrected chi connectivity index (χ2v) is 6.22. The van der Waals surface area contributed by atoms with Crippen LogP contribution in [0.15, 0.2) is 18.2 Å². The molecule has 1 aromatic carbocycles. The summed E-state index contributed by atoms with van der Waals surface area (Å²) in [5.74, 6) is -0.214. The predicted molar refractivity (Wildman–Crippen MR) is 83.6 cm³/mol. The lowest BCUT2D eigenvalue weighted by molar-refractivity contribution is -0.116. The molecule has 2 N–H and O–H groups in total. The summed E-state index contributed by atoms with van der Waals surface area (Å²) < 4.78 is 19.7. The number of carbonyl (C=O) groups excluding carboxylic acids is 1. The van der Waals surface area contributed by atoms with Crippen molar-refractivity contribution in [3.05, 3.63) is 24.0 Å². The van der Waals surface area contributed by atoms with Crippen molar-refractivity contribution in [3.63, 3.8) is 0 Å². The minimum absolute atomic E-state index is 0.0803. The zero-order valence-electron chi connectivity index (χ0n) is 12.7. The number of amides is 1. The molecule has 1 unspecified atom stereocenters. The van der Waals surface area contributed by atoms with Crippen LogP contribution in [0.3, 0.4) is 0 Å². The van der Waals surface area contributed by atoms with E-state index in [1.54, 1.807) is 12.1 Å². The van der Waals surface area contributed by atoms with Crippen LogP contribution >= 0.6 is 0 Å². The molecule has 1 amide bonds. The lowest BCUT2D eigenvalue weighted by Crippen LogP contribution is -2.27. The third-order valence-corrected chi connectivity index (χ3v) is 4.41. The number of halogens is 1. The Morgan fingerprint density at radius 1 is 1.27 bits per heavy atom.